The summed E-state index contributed by atoms with van der Waals surface area (Å²) < 4.78 is 28.0. The zero-order valence-electron chi connectivity index (χ0n) is 24.4. The number of aliphatic carboxylic acids is 1. The van der Waals surface area contributed by atoms with Crippen LogP contribution in [0.25, 0.3) is 10.8 Å². The number of methoxy groups -OCH3 is 1. The molecule has 1 atom stereocenters. The molecule has 0 fully saturated rings. The highest BCUT2D eigenvalue weighted by Gasteiger charge is 2.31. The summed E-state index contributed by atoms with van der Waals surface area (Å²) in [5.41, 5.74) is 0.391. The Morgan fingerprint density at radius 2 is 1.46 bits per heavy atom. The number of benzene rings is 4. The number of rotatable bonds is 9. The van der Waals surface area contributed by atoms with Crippen molar-refractivity contribution in [1.29, 1.82) is 0 Å². The number of hydrogen-bond donors (Lipinski definition) is 4. The number of carboxylic acid groups (broad SMARTS) is 2. The second-order valence-electron chi connectivity index (χ2n) is 9.90. The maximum atomic E-state index is 13.5. The van der Waals surface area contributed by atoms with Crippen molar-refractivity contribution in [2.45, 2.75) is 24.4 Å². The average Bonchev–Trinajstić information content (AvgIpc) is 3.03. The standard InChI is InChI=1S/C31H28N4O10S/c1-18(27(36)34(31(42)45-2)17-19-11-13-20(14-12-19)46(32,43)44)33-24-15-16-26(22-8-4-3-7-21(22)24)35(28(37)30(40)41)25-10-6-5-9-23(25)29(38)39/h3-16,18,33H,17H2,1-2H3,(H,38,39)(H,40,41)(H2,32,43,44)/t18-/m0/s1. The maximum absolute atomic E-state index is 13.5. The Labute approximate surface area is 262 Å². The topological polar surface area (TPSA) is 214 Å². The van der Waals surface area contributed by atoms with E-state index in [9.17, 15) is 42.6 Å². The van der Waals surface area contributed by atoms with Gasteiger partial charge in [0.2, 0.25) is 10.0 Å². The van der Waals surface area contributed by atoms with Gasteiger partial charge in [0.25, 0.3) is 5.91 Å². The van der Waals surface area contributed by atoms with Crippen molar-refractivity contribution in [3.63, 3.8) is 0 Å². The Hall–Kier alpha value is -5.80. The van der Waals surface area contributed by atoms with E-state index in [0.717, 1.165) is 16.9 Å². The van der Waals surface area contributed by atoms with Crippen LogP contribution in [0.4, 0.5) is 21.9 Å². The van der Waals surface area contributed by atoms with Gasteiger partial charge in [-0.05, 0) is 48.9 Å². The molecule has 238 valence electrons. The highest BCUT2D eigenvalue weighted by atomic mass is 32.2. The minimum atomic E-state index is -3.95. The van der Waals surface area contributed by atoms with E-state index < -0.39 is 45.9 Å². The van der Waals surface area contributed by atoms with Crippen LogP contribution in [0.3, 0.4) is 0 Å². The monoisotopic (exact) mass is 648 g/mol. The van der Waals surface area contributed by atoms with Gasteiger partial charge in [0, 0.05) is 16.5 Å². The number of carboxylic acids is 2. The van der Waals surface area contributed by atoms with Crippen LogP contribution >= 0.6 is 0 Å². The molecule has 0 bridgehead atoms. The number of primary sulfonamides is 1. The lowest BCUT2D eigenvalue weighted by Gasteiger charge is -2.26. The molecule has 46 heavy (non-hydrogen) atoms. The number of carbonyl (C=O) groups is 5. The molecular weight excluding hydrogens is 620 g/mol. The van der Waals surface area contributed by atoms with Crippen molar-refractivity contribution < 1.29 is 47.3 Å². The van der Waals surface area contributed by atoms with Gasteiger partial charge in [-0.15, -0.1) is 0 Å². The summed E-state index contributed by atoms with van der Waals surface area (Å²) in [6.45, 7) is 1.24. The smallest absolute Gasteiger partial charge is 0.416 e. The number of ether oxygens (including phenoxy) is 1. The number of para-hydroxylation sites is 1. The molecule has 0 saturated carbocycles. The predicted molar refractivity (Wildman–Crippen MR) is 166 cm³/mol. The number of anilines is 3. The molecule has 3 amide bonds. The van der Waals surface area contributed by atoms with E-state index in [1.807, 2.05) is 0 Å². The SMILES string of the molecule is COC(=O)N(Cc1ccc(S(N)(=O)=O)cc1)C(=O)[C@H](C)Nc1ccc(N(C(=O)C(=O)O)c2ccccc2C(=O)O)c2ccccc12. The van der Waals surface area contributed by atoms with Gasteiger partial charge in [-0.3, -0.25) is 14.5 Å². The molecular formula is C31H28N4O10S. The Bertz CT molecular complexity index is 1960. The van der Waals surface area contributed by atoms with Crippen LogP contribution in [0, 0.1) is 0 Å². The fourth-order valence-electron chi connectivity index (χ4n) is 4.74. The highest BCUT2D eigenvalue weighted by molar-refractivity contribution is 7.89. The van der Waals surface area contributed by atoms with Crippen LogP contribution in [0.2, 0.25) is 0 Å². The average molecular weight is 649 g/mol. The van der Waals surface area contributed by atoms with Crippen molar-refractivity contribution in [1.82, 2.24) is 4.90 Å². The molecule has 5 N–H and O–H groups in total. The molecule has 14 nitrogen and oxygen atoms in total. The minimum Gasteiger partial charge on any atom is -0.478 e. The Morgan fingerprint density at radius 3 is 2.04 bits per heavy atom. The fourth-order valence-corrected chi connectivity index (χ4v) is 5.25. The molecule has 0 aliphatic carbocycles. The summed E-state index contributed by atoms with van der Waals surface area (Å²) in [6.07, 6.45) is -0.964. The van der Waals surface area contributed by atoms with E-state index in [1.54, 1.807) is 24.3 Å². The summed E-state index contributed by atoms with van der Waals surface area (Å²) in [6, 6.07) is 19.2. The second-order valence-corrected chi connectivity index (χ2v) is 11.5. The summed E-state index contributed by atoms with van der Waals surface area (Å²) in [5.74, 6) is -5.28. The summed E-state index contributed by atoms with van der Waals surface area (Å²) >= 11 is 0. The Balaban J connectivity index is 1.71. The van der Waals surface area contributed by atoms with E-state index in [4.69, 9.17) is 9.88 Å². The third kappa shape index (κ3) is 6.95. The molecule has 0 aliphatic rings. The number of carbonyl (C=O) groups excluding carboxylic acids is 3. The molecule has 4 aromatic carbocycles. The molecule has 0 unspecified atom stereocenters. The maximum Gasteiger partial charge on any atom is 0.416 e. The number of nitrogens with zero attached hydrogens (tertiary/aromatic N) is 2. The third-order valence-electron chi connectivity index (χ3n) is 6.90. The normalized spacial score (nSPS) is 11.7. The number of sulfonamides is 1. The largest absolute Gasteiger partial charge is 0.478 e. The highest BCUT2D eigenvalue weighted by Crippen LogP contribution is 2.38. The van der Waals surface area contributed by atoms with E-state index in [-0.39, 0.29) is 28.4 Å². The van der Waals surface area contributed by atoms with Crippen molar-refractivity contribution in [3.05, 3.63) is 96.1 Å². The van der Waals surface area contributed by atoms with Crippen LogP contribution in [0.5, 0.6) is 0 Å². The van der Waals surface area contributed by atoms with Crippen LogP contribution in [-0.2, 0) is 35.7 Å². The van der Waals surface area contributed by atoms with Gasteiger partial charge in [-0.25, -0.2) is 32.8 Å². The van der Waals surface area contributed by atoms with E-state index in [2.05, 4.69) is 5.32 Å². The first-order valence-electron chi connectivity index (χ1n) is 13.4. The van der Waals surface area contributed by atoms with Gasteiger partial charge < -0.3 is 20.3 Å². The first-order valence-corrected chi connectivity index (χ1v) is 15.0. The van der Waals surface area contributed by atoms with E-state index >= 15 is 0 Å². The Morgan fingerprint density at radius 1 is 0.848 bits per heavy atom. The number of hydrogen-bond acceptors (Lipinski definition) is 9. The molecule has 0 spiro atoms. The number of fused-ring (bicyclic) bond motifs is 1. The summed E-state index contributed by atoms with van der Waals surface area (Å²) in [7, 11) is -2.85. The zero-order chi connectivity index (χ0) is 33.8. The van der Waals surface area contributed by atoms with Crippen molar-refractivity contribution in [3.8, 4) is 0 Å². The van der Waals surface area contributed by atoms with Crippen LogP contribution in [0.1, 0.15) is 22.8 Å². The quantitative estimate of drug-likeness (QED) is 0.193. The lowest BCUT2D eigenvalue weighted by atomic mass is 10.0. The molecule has 0 saturated heterocycles. The van der Waals surface area contributed by atoms with Gasteiger partial charge in [0.05, 0.1) is 35.5 Å². The molecule has 0 radical (unpaired) electrons. The van der Waals surface area contributed by atoms with Crippen LogP contribution in [0.15, 0.2) is 89.8 Å². The van der Waals surface area contributed by atoms with Crippen LogP contribution < -0.4 is 15.4 Å². The lowest BCUT2D eigenvalue weighted by Crippen LogP contribution is -2.44. The molecule has 0 heterocycles. The van der Waals surface area contributed by atoms with E-state index in [0.29, 0.717) is 22.0 Å². The fraction of sp³-hybridized carbons (Fsp3) is 0.129. The number of nitrogens with one attached hydrogen (secondary N) is 1. The lowest BCUT2D eigenvalue weighted by molar-refractivity contribution is -0.148. The van der Waals surface area contributed by atoms with Gasteiger partial charge in [0.1, 0.15) is 6.04 Å². The molecule has 4 rings (SSSR count). The second kappa shape index (κ2) is 13.5. The van der Waals surface area contributed by atoms with Crippen molar-refractivity contribution in [2.24, 2.45) is 5.14 Å². The van der Waals surface area contributed by atoms with Gasteiger partial charge in [-0.1, -0.05) is 48.5 Å². The number of imide groups is 1. The van der Waals surface area contributed by atoms with Crippen LogP contribution in [-0.4, -0.2) is 66.5 Å². The first-order chi connectivity index (χ1) is 21.7. The number of aromatic carboxylic acids is 1. The first kappa shape index (κ1) is 33.1. The van der Waals surface area contributed by atoms with Gasteiger partial charge >= 0.3 is 23.9 Å². The van der Waals surface area contributed by atoms with Gasteiger partial charge in [0.15, 0.2) is 0 Å². The Kier molecular flexibility index (Phi) is 9.68. The summed E-state index contributed by atoms with van der Waals surface area (Å²) in [5, 5.41) is 28.3. The van der Waals surface area contributed by atoms with Crippen molar-refractivity contribution >= 4 is 67.7 Å². The molecule has 0 aromatic heterocycles. The van der Waals surface area contributed by atoms with Crippen molar-refractivity contribution in [2.75, 3.05) is 17.3 Å². The van der Waals surface area contributed by atoms with Gasteiger partial charge in [-0.2, -0.15) is 0 Å². The minimum absolute atomic E-state index is 0.0698. The third-order valence-corrected chi connectivity index (χ3v) is 7.83. The predicted octanol–water partition coefficient (Wildman–Crippen LogP) is 3.53. The number of nitrogens with two attached hydrogens (primary N) is 1. The number of amides is 3. The zero-order valence-corrected chi connectivity index (χ0v) is 25.2. The molecule has 0 aliphatic heterocycles. The molecule has 4 aromatic rings. The van der Waals surface area contributed by atoms with E-state index in [1.165, 1.54) is 67.6 Å². The molecule has 15 heteroatoms. The summed E-state index contributed by atoms with van der Waals surface area (Å²) in [4.78, 5) is 64.4.